The number of anilines is 1. The van der Waals surface area contributed by atoms with Gasteiger partial charge in [0.05, 0.1) is 11.8 Å². The first kappa shape index (κ1) is 14.6. The Morgan fingerprint density at radius 2 is 2.09 bits per heavy atom. The third-order valence-corrected chi connectivity index (χ3v) is 3.69. The third-order valence-electron chi connectivity index (χ3n) is 3.69. The normalized spacial score (nSPS) is 20.7. The van der Waals surface area contributed by atoms with E-state index in [0.29, 0.717) is 0 Å². The number of alkyl halides is 3. The summed E-state index contributed by atoms with van der Waals surface area (Å²) in [5.41, 5.74) is -0.530. The van der Waals surface area contributed by atoms with Gasteiger partial charge in [-0.05, 0) is 30.5 Å². The van der Waals surface area contributed by atoms with E-state index in [-0.39, 0.29) is 34.8 Å². The maximum atomic E-state index is 13.0. The third kappa shape index (κ3) is 2.98. The standard InChI is InChI=1S/C15H13F3N2O2/c1-8-2-12(8)14(21)20-11-4-9(13-6-19-7-22-13)3-10(5-11)15(16,17)18/h3-8,12H,2H2,1H3,(H,20,21). The number of hydrogen-bond donors (Lipinski definition) is 1. The molecule has 0 radical (unpaired) electrons. The molecule has 0 bridgehead atoms. The van der Waals surface area contributed by atoms with Crippen molar-refractivity contribution < 1.29 is 22.4 Å². The van der Waals surface area contributed by atoms with Crippen molar-refractivity contribution in [2.45, 2.75) is 19.5 Å². The van der Waals surface area contributed by atoms with Crippen LogP contribution < -0.4 is 5.32 Å². The second kappa shape index (κ2) is 5.15. The van der Waals surface area contributed by atoms with E-state index in [0.717, 1.165) is 24.9 Å². The van der Waals surface area contributed by atoms with E-state index >= 15 is 0 Å². The zero-order valence-corrected chi connectivity index (χ0v) is 11.6. The first-order chi connectivity index (χ1) is 10.3. The highest BCUT2D eigenvalue weighted by atomic mass is 19.4. The fourth-order valence-electron chi connectivity index (χ4n) is 2.29. The van der Waals surface area contributed by atoms with Gasteiger partial charge >= 0.3 is 6.18 Å². The van der Waals surface area contributed by atoms with Crippen molar-refractivity contribution in [3.8, 4) is 11.3 Å². The molecular formula is C15H13F3N2O2. The van der Waals surface area contributed by atoms with Gasteiger partial charge in [-0.2, -0.15) is 13.2 Å². The fourth-order valence-corrected chi connectivity index (χ4v) is 2.29. The average molecular weight is 310 g/mol. The zero-order chi connectivity index (χ0) is 15.9. The number of carbonyl (C=O) groups excluding carboxylic acids is 1. The molecule has 1 amide bonds. The molecule has 0 aliphatic heterocycles. The number of halogens is 3. The zero-order valence-electron chi connectivity index (χ0n) is 11.6. The monoisotopic (exact) mass is 310 g/mol. The number of rotatable bonds is 3. The lowest BCUT2D eigenvalue weighted by Gasteiger charge is -2.12. The van der Waals surface area contributed by atoms with Crippen LogP contribution in [-0.4, -0.2) is 10.9 Å². The van der Waals surface area contributed by atoms with Crippen molar-refractivity contribution in [3.63, 3.8) is 0 Å². The number of nitrogens with zero attached hydrogens (tertiary/aromatic N) is 1. The lowest BCUT2D eigenvalue weighted by atomic mass is 10.1. The van der Waals surface area contributed by atoms with Crippen molar-refractivity contribution >= 4 is 11.6 Å². The molecule has 7 heteroatoms. The lowest BCUT2D eigenvalue weighted by Crippen LogP contribution is -2.15. The molecule has 1 N–H and O–H groups in total. The number of aromatic nitrogens is 1. The second-order valence-electron chi connectivity index (χ2n) is 5.47. The van der Waals surface area contributed by atoms with Gasteiger partial charge < -0.3 is 9.73 Å². The van der Waals surface area contributed by atoms with Gasteiger partial charge in [-0.3, -0.25) is 4.79 Å². The van der Waals surface area contributed by atoms with Crippen molar-refractivity contribution in [2.24, 2.45) is 11.8 Å². The average Bonchev–Trinajstić information content (AvgIpc) is 2.96. The van der Waals surface area contributed by atoms with E-state index in [1.54, 1.807) is 0 Å². The number of benzene rings is 1. The van der Waals surface area contributed by atoms with E-state index in [9.17, 15) is 18.0 Å². The number of carbonyl (C=O) groups is 1. The summed E-state index contributed by atoms with van der Waals surface area (Å²) in [5, 5.41) is 2.55. The first-order valence-corrected chi connectivity index (χ1v) is 6.76. The Bertz CT molecular complexity index is 695. The highest BCUT2D eigenvalue weighted by molar-refractivity contribution is 5.95. The van der Waals surface area contributed by atoms with E-state index < -0.39 is 11.7 Å². The fraction of sp³-hybridized carbons (Fsp3) is 0.333. The summed E-state index contributed by atoms with van der Waals surface area (Å²) in [6.07, 6.45) is -1.29. The van der Waals surface area contributed by atoms with Crippen LogP contribution in [0, 0.1) is 11.8 Å². The van der Waals surface area contributed by atoms with Gasteiger partial charge in [-0.25, -0.2) is 4.98 Å². The highest BCUT2D eigenvalue weighted by Crippen LogP contribution is 2.39. The minimum Gasteiger partial charge on any atom is -0.444 e. The molecule has 1 aliphatic rings. The summed E-state index contributed by atoms with van der Waals surface area (Å²) in [7, 11) is 0. The molecule has 4 nitrogen and oxygen atoms in total. The van der Waals surface area contributed by atoms with Gasteiger partial charge in [-0.1, -0.05) is 6.92 Å². The molecule has 0 spiro atoms. The minimum absolute atomic E-state index is 0.102. The predicted octanol–water partition coefficient (Wildman–Crippen LogP) is 3.95. The Morgan fingerprint density at radius 3 is 2.64 bits per heavy atom. The maximum absolute atomic E-state index is 13.0. The first-order valence-electron chi connectivity index (χ1n) is 6.76. The Kier molecular flexibility index (Phi) is 3.42. The summed E-state index contributed by atoms with van der Waals surface area (Å²) < 4.78 is 44.0. The van der Waals surface area contributed by atoms with Gasteiger partial charge in [0.25, 0.3) is 0 Å². The Hall–Kier alpha value is -2.31. The number of hydrogen-bond acceptors (Lipinski definition) is 3. The van der Waals surface area contributed by atoms with Gasteiger partial charge in [-0.15, -0.1) is 0 Å². The van der Waals surface area contributed by atoms with E-state index in [1.807, 2.05) is 6.92 Å². The summed E-state index contributed by atoms with van der Waals surface area (Å²) >= 11 is 0. The van der Waals surface area contributed by atoms with Crippen molar-refractivity contribution in [2.75, 3.05) is 5.32 Å². The molecule has 2 atom stereocenters. The van der Waals surface area contributed by atoms with Crippen molar-refractivity contribution in [1.29, 1.82) is 0 Å². The van der Waals surface area contributed by atoms with E-state index in [4.69, 9.17) is 4.42 Å². The molecule has 1 aromatic heterocycles. The maximum Gasteiger partial charge on any atom is 0.416 e. The van der Waals surface area contributed by atoms with Crippen LogP contribution in [0.1, 0.15) is 18.9 Å². The van der Waals surface area contributed by atoms with Gasteiger partial charge in [0.2, 0.25) is 5.91 Å². The molecule has 1 aliphatic carbocycles. The summed E-state index contributed by atoms with van der Waals surface area (Å²) in [5.74, 6) is 0.111. The summed E-state index contributed by atoms with van der Waals surface area (Å²) in [4.78, 5) is 15.6. The molecule has 1 fully saturated rings. The largest absolute Gasteiger partial charge is 0.444 e. The molecule has 2 unspecified atom stereocenters. The highest BCUT2D eigenvalue weighted by Gasteiger charge is 2.39. The number of amides is 1. The topological polar surface area (TPSA) is 55.1 Å². The quantitative estimate of drug-likeness (QED) is 0.933. The summed E-state index contributed by atoms with van der Waals surface area (Å²) in [6.45, 7) is 1.93. The van der Waals surface area contributed by atoms with Crippen LogP contribution in [0.5, 0.6) is 0 Å². The van der Waals surface area contributed by atoms with Crippen LogP contribution in [0.25, 0.3) is 11.3 Å². The van der Waals surface area contributed by atoms with E-state index in [2.05, 4.69) is 10.3 Å². The molecule has 1 aromatic carbocycles. The van der Waals surface area contributed by atoms with Crippen molar-refractivity contribution in [3.05, 3.63) is 36.4 Å². The molecule has 1 saturated carbocycles. The Labute approximate surface area is 124 Å². The second-order valence-corrected chi connectivity index (χ2v) is 5.47. The smallest absolute Gasteiger partial charge is 0.416 e. The Morgan fingerprint density at radius 1 is 1.36 bits per heavy atom. The molecule has 2 aromatic rings. The molecule has 3 rings (SSSR count). The van der Waals surface area contributed by atoms with Crippen LogP contribution in [0.2, 0.25) is 0 Å². The molecule has 22 heavy (non-hydrogen) atoms. The predicted molar refractivity (Wildman–Crippen MR) is 72.8 cm³/mol. The van der Waals surface area contributed by atoms with Crippen LogP contribution in [-0.2, 0) is 11.0 Å². The van der Waals surface area contributed by atoms with Crippen molar-refractivity contribution in [1.82, 2.24) is 4.98 Å². The molecule has 0 saturated heterocycles. The lowest BCUT2D eigenvalue weighted by molar-refractivity contribution is -0.137. The van der Waals surface area contributed by atoms with Crippen LogP contribution in [0.15, 0.2) is 35.2 Å². The van der Waals surface area contributed by atoms with Crippen LogP contribution in [0.4, 0.5) is 18.9 Å². The van der Waals surface area contributed by atoms with Gasteiger partial charge in [0.15, 0.2) is 12.2 Å². The molecule has 1 heterocycles. The molecular weight excluding hydrogens is 297 g/mol. The molecule has 116 valence electrons. The number of oxazole rings is 1. The number of nitrogens with one attached hydrogen (secondary N) is 1. The van der Waals surface area contributed by atoms with E-state index in [1.165, 1.54) is 12.3 Å². The summed E-state index contributed by atoms with van der Waals surface area (Å²) in [6, 6.07) is 3.33. The van der Waals surface area contributed by atoms with Gasteiger partial charge in [0.1, 0.15) is 0 Å². The minimum atomic E-state index is -4.51. The van der Waals surface area contributed by atoms with Crippen LogP contribution >= 0.6 is 0 Å². The van der Waals surface area contributed by atoms with Gasteiger partial charge in [0, 0.05) is 17.2 Å². The SMILES string of the molecule is CC1CC1C(=O)Nc1cc(-c2cnco2)cc(C(F)(F)F)c1. The van der Waals surface area contributed by atoms with Crippen LogP contribution in [0.3, 0.4) is 0 Å². The Balaban J connectivity index is 1.94.